The van der Waals surface area contributed by atoms with Crippen molar-refractivity contribution in [3.63, 3.8) is 0 Å². The Bertz CT molecular complexity index is 898. The van der Waals surface area contributed by atoms with Crippen molar-refractivity contribution in [3.05, 3.63) is 62.7 Å². The number of alkyl halides is 1. The molecule has 30 heavy (non-hydrogen) atoms. The van der Waals surface area contributed by atoms with Gasteiger partial charge < -0.3 is 14.8 Å². The molecule has 0 bridgehead atoms. The van der Waals surface area contributed by atoms with Crippen LogP contribution >= 0.6 is 11.6 Å². The van der Waals surface area contributed by atoms with E-state index in [4.69, 9.17) is 21.1 Å². The van der Waals surface area contributed by atoms with E-state index >= 15 is 0 Å². The highest BCUT2D eigenvalue weighted by Crippen LogP contribution is 2.40. The van der Waals surface area contributed by atoms with Crippen molar-refractivity contribution in [1.82, 2.24) is 5.32 Å². The number of allylic oxidation sites excluding steroid dienone is 7. The van der Waals surface area contributed by atoms with Crippen molar-refractivity contribution >= 4 is 17.6 Å². The van der Waals surface area contributed by atoms with Crippen LogP contribution in [0.2, 0.25) is 0 Å². The second-order valence-electron chi connectivity index (χ2n) is 6.96. The van der Waals surface area contributed by atoms with Gasteiger partial charge in [-0.15, -0.1) is 5.73 Å². The molecule has 1 aliphatic carbocycles. The molecule has 0 saturated heterocycles. The second kappa shape index (κ2) is 12.2. The van der Waals surface area contributed by atoms with Crippen LogP contribution in [0.4, 0.5) is 4.39 Å². The number of carbonyl (C=O) groups excluding carboxylic acids is 1. The van der Waals surface area contributed by atoms with Crippen LogP contribution in [-0.2, 0) is 14.3 Å². The lowest BCUT2D eigenvalue weighted by atomic mass is 9.77. The van der Waals surface area contributed by atoms with Gasteiger partial charge in [-0.05, 0) is 57.1 Å². The maximum atomic E-state index is 12.5. The van der Waals surface area contributed by atoms with Gasteiger partial charge >= 0.3 is 5.97 Å². The molecule has 1 N–H and O–H groups in total. The molecule has 0 radical (unpaired) electrons. The summed E-state index contributed by atoms with van der Waals surface area (Å²) < 4.78 is 20.2. The summed E-state index contributed by atoms with van der Waals surface area (Å²) in [5, 5.41) is 13.7. The minimum atomic E-state index is -0.431. The van der Waals surface area contributed by atoms with Gasteiger partial charge in [-0.25, -0.2) is 0 Å². The predicted molar refractivity (Wildman–Crippen MR) is 116 cm³/mol. The number of halogens is 2. The third-order valence-corrected chi connectivity index (χ3v) is 4.66. The van der Waals surface area contributed by atoms with Crippen LogP contribution in [0.1, 0.15) is 34.1 Å². The Morgan fingerprint density at radius 3 is 2.63 bits per heavy atom. The van der Waals surface area contributed by atoms with Crippen LogP contribution in [0.3, 0.4) is 0 Å². The van der Waals surface area contributed by atoms with Gasteiger partial charge in [-0.1, -0.05) is 11.6 Å². The molecule has 2 aliphatic rings. The lowest BCUT2D eigenvalue weighted by Gasteiger charge is -2.31. The van der Waals surface area contributed by atoms with Crippen LogP contribution < -0.4 is 5.32 Å². The Balaban J connectivity index is 0.00000218. The number of esters is 1. The minimum absolute atomic E-state index is 0.0482. The van der Waals surface area contributed by atoms with E-state index in [2.05, 4.69) is 17.1 Å². The van der Waals surface area contributed by atoms with Gasteiger partial charge in [-0.2, -0.15) is 5.26 Å². The van der Waals surface area contributed by atoms with E-state index < -0.39 is 5.92 Å². The summed E-state index contributed by atoms with van der Waals surface area (Å²) in [7, 11) is 2.09. The average molecular weight is 435 g/mol. The van der Waals surface area contributed by atoms with Gasteiger partial charge in [0.1, 0.15) is 0 Å². The van der Waals surface area contributed by atoms with Gasteiger partial charge in [0.15, 0.2) is 0 Å². The Hall–Kier alpha value is -2.58. The highest BCUT2D eigenvalue weighted by Gasteiger charge is 2.34. The number of nitrogens with zero attached hydrogens (tertiary/aromatic N) is 1. The quantitative estimate of drug-likeness (QED) is 0.470. The predicted octanol–water partition coefficient (Wildman–Crippen LogP) is 5.00. The summed E-state index contributed by atoms with van der Waals surface area (Å²) in [5.41, 5.74) is 7.69. The zero-order chi connectivity index (χ0) is 22.8. The van der Waals surface area contributed by atoms with Crippen molar-refractivity contribution in [1.29, 1.82) is 5.26 Å². The Labute approximate surface area is 182 Å². The number of methoxy groups -OCH3 is 1. The maximum absolute atomic E-state index is 12.5. The van der Waals surface area contributed by atoms with E-state index in [1.54, 1.807) is 33.1 Å². The van der Waals surface area contributed by atoms with Crippen molar-refractivity contribution in [2.75, 3.05) is 20.9 Å². The number of carbonyl (C=O) groups is 1. The highest BCUT2D eigenvalue weighted by molar-refractivity contribution is 6.31. The largest absolute Gasteiger partial charge is 0.463 e. The third-order valence-electron chi connectivity index (χ3n) is 4.43. The van der Waals surface area contributed by atoms with E-state index in [9.17, 15) is 14.4 Å². The molecule has 1 atom stereocenters. The van der Waals surface area contributed by atoms with E-state index in [0.29, 0.717) is 17.8 Å². The number of ether oxygens (including phenoxy) is 2. The zero-order valence-electron chi connectivity index (χ0n) is 18.2. The number of nitriles is 1. The zero-order valence-corrected chi connectivity index (χ0v) is 19.0. The Kier molecular flexibility index (Phi) is 10.3. The van der Waals surface area contributed by atoms with Gasteiger partial charge in [0.25, 0.3) is 0 Å². The first kappa shape index (κ1) is 25.5. The summed E-state index contributed by atoms with van der Waals surface area (Å²) in [6.07, 6.45) is 5.14. The molecule has 0 aromatic carbocycles. The molecule has 2 rings (SSSR count). The van der Waals surface area contributed by atoms with Crippen molar-refractivity contribution in [2.45, 2.75) is 40.2 Å². The van der Waals surface area contributed by atoms with E-state index in [-0.39, 0.29) is 25.1 Å². The normalized spacial score (nSPS) is 18.4. The molecule has 1 unspecified atom stereocenters. The van der Waals surface area contributed by atoms with Crippen LogP contribution in [0.5, 0.6) is 0 Å². The van der Waals surface area contributed by atoms with Crippen LogP contribution in [0.15, 0.2) is 62.7 Å². The summed E-state index contributed by atoms with van der Waals surface area (Å²) >= 11 is 6.18. The first-order valence-corrected chi connectivity index (χ1v) is 9.83. The first-order chi connectivity index (χ1) is 14.3. The van der Waals surface area contributed by atoms with Gasteiger partial charge in [0.05, 0.1) is 43.9 Å². The maximum Gasteiger partial charge on any atom is 0.310 e. The van der Waals surface area contributed by atoms with E-state index in [1.165, 1.54) is 0 Å². The molecule has 0 aromatic rings. The number of nitrogens with one attached hydrogen (secondary N) is 1. The van der Waals surface area contributed by atoms with Crippen molar-refractivity contribution in [2.24, 2.45) is 5.92 Å². The molecule has 0 amide bonds. The smallest absolute Gasteiger partial charge is 0.310 e. The molecule has 7 heteroatoms. The molecule has 0 aromatic heterocycles. The Morgan fingerprint density at radius 2 is 2.07 bits per heavy atom. The number of hydrogen-bond acceptors (Lipinski definition) is 5. The van der Waals surface area contributed by atoms with Gasteiger partial charge in [0.2, 0.25) is 0 Å². The fraction of sp³-hybridized carbons (Fsp3) is 0.435. The number of hydrogen-bond donors (Lipinski definition) is 1. The van der Waals surface area contributed by atoms with E-state index in [0.717, 1.165) is 28.1 Å². The summed E-state index contributed by atoms with van der Waals surface area (Å²) in [5.74, 6) is -0.780. The topological polar surface area (TPSA) is 71.3 Å². The van der Waals surface area contributed by atoms with Gasteiger partial charge in [0, 0.05) is 29.1 Å². The number of dihydropyridines is 1. The molecular formula is C23H28ClFN2O3. The summed E-state index contributed by atoms with van der Waals surface area (Å²) in [6, 6.07) is 2.30. The van der Waals surface area contributed by atoms with Crippen LogP contribution in [0, 0.1) is 17.2 Å². The fourth-order valence-corrected chi connectivity index (χ4v) is 3.54. The Morgan fingerprint density at radius 1 is 1.40 bits per heavy atom. The number of rotatable bonds is 6. The molecule has 5 nitrogen and oxygen atoms in total. The summed E-state index contributed by atoms with van der Waals surface area (Å²) in [4.78, 5) is 12.5. The molecule has 162 valence electrons. The fourth-order valence-electron chi connectivity index (χ4n) is 3.32. The molecular weight excluding hydrogens is 407 g/mol. The molecule has 0 saturated carbocycles. The third kappa shape index (κ3) is 6.47. The van der Waals surface area contributed by atoms with Crippen molar-refractivity contribution in [3.8, 4) is 6.07 Å². The molecule has 0 spiro atoms. The lowest BCUT2D eigenvalue weighted by molar-refractivity contribution is -0.146. The summed E-state index contributed by atoms with van der Waals surface area (Å²) in [6.45, 7) is 7.66. The standard InChI is InChI=1S/C22H25ClN2O3.CH3F/c1-13(2)28-21(26)10-18-20(12-27-5)25-15(4)19(11-24)22(18)17-8-6-7-16(23)9-14(17)3;1-2/h6-7,9,13,22,25H,10,12H2,1-5H3;1H3. The average Bonchev–Trinajstić information content (AvgIpc) is 2.84. The van der Waals surface area contributed by atoms with Gasteiger partial charge in [-0.3, -0.25) is 9.18 Å². The SMILES string of the molecule is CF.COCC1=C(CC(=O)OC(C)C)C(C2=C=CC=C(Cl)C=C2C)C(C#N)=C(C)N1. The second-order valence-corrected chi connectivity index (χ2v) is 7.40. The molecule has 1 heterocycles. The van der Waals surface area contributed by atoms with Crippen LogP contribution in [0.25, 0.3) is 0 Å². The molecule has 1 aliphatic heterocycles. The minimum Gasteiger partial charge on any atom is -0.463 e. The van der Waals surface area contributed by atoms with E-state index in [1.807, 2.05) is 19.9 Å². The van der Waals surface area contributed by atoms with Crippen LogP contribution in [-0.4, -0.2) is 33.0 Å². The lowest BCUT2D eigenvalue weighted by Crippen LogP contribution is -2.31. The van der Waals surface area contributed by atoms with Crippen molar-refractivity contribution < 1.29 is 18.7 Å². The first-order valence-electron chi connectivity index (χ1n) is 9.45. The monoisotopic (exact) mass is 434 g/mol. The highest BCUT2D eigenvalue weighted by atomic mass is 35.5. The molecule has 0 fully saturated rings.